The van der Waals surface area contributed by atoms with Crippen LogP contribution in [0.4, 0.5) is 5.69 Å². The van der Waals surface area contributed by atoms with Crippen LogP contribution in [0.15, 0.2) is 72.8 Å². The van der Waals surface area contributed by atoms with Crippen molar-refractivity contribution in [2.45, 2.75) is 117 Å². The summed E-state index contributed by atoms with van der Waals surface area (Å²) in [6.07, 6.45) is 4.49. The molecule has 0 radical (unpaired) electrons. The summed E-state index contributed by atoms with van der Waals surface area (Å²) in [6.45, 7) is 8.67. The second-order valence-electron chi connectivity index (χ2n) is 24.4. The summed E-state index contributed by atoms with van der Waals surface area (Å²) < 4.78 is 30.3. The molecule has 7 aliphatic rings. The Morgan fingerprint density at radius 1 is 0.952 bits per heavy atom. The molecule has 6 N–H and O–H groups in total. The summed E-state index contributed by atoms with van der Waals surface area (Å²) >= 11 is 1.18. The summed E-state index contributed by atoms with van der Waals surface area (Å²) in [7, 11) is 6.36. The van der Waals surface area contributed by atoms with Crippen LogP contribution in [0.1, 0.15) is 93.5 Å². The number of para-hydroxylation sites is 1. The number of carboxylic acids is 1. The number of methoxy groups -OCH3 is 3. The summed E-state index contributed by atoms with van der Waals surface area (Å²) in [5.41, 5.74) is -1.55. The molecule has 11 rings (SSSR count). The highest BCUT2D eigenvalue weighted by atomic mass is 32.2. The van der Waals surface area contributed by atoms with Gasteiger partial charge in [-0.05, 0) is 86.4 Å². The number of carbonyl (C=O) groups is 5. The predicted molar refractivity (Wildman–Crippen MR) is 314 cm³/mol. The number of amides is 3. The molecule has 4 fully saturated rings. The van der Waals surface area contributed by atoms with E-state index in [0.29, 0.717) is 99.6 Å². The number of nitrogens with zero attached hydrogens (tertiary/aromatic N) is 4. The van der Waals surface area contributed by atoms with Gasteiger partial charge in [-0.25, -0.2) is 0 Å². The van der Waals surface area contributed by atoms with Crippen LogP contribution in [0.3, 0.4) is 0 Å². The Morgan fingerprint density at radius 3 is 2.44 bits per heavy atom. The van der Waals surface area contributed by atoms with E-state index in [1.165, 1.54) is 26.0 Å². The third-order valence-corrected chi connectivity index (χ3v) is 21.4. The first-order valence-electron chi connectivity index (χ1n) is 29.5. The second kappa shape index (κ2) is 23.0. The Bertz CT molecular complexity index is 3230. The molecular formula is C63H80N6O14S. The maximum absolute atomic E-state index is 15.6. The number of aliphatic hydroxyl groups is 3. The van der Waals surface area contributed by atoms with Gasteiger partial charge in [0.25, 0.3) is 5.91 Å². The number of hydrogen-bond acceptors (Lipinski definition) is 17. The lowest BCUT2D eigenvalue weighted by Gasteiger charge is -2.63. The van der Waals surface area contributed by atoms with Crippen LogP contribution >= 0.6 is 11.8 Å². The molecule has 1 aromatic heterocycles. The number of nitrogens with one attached hydrogen (secondary N) is 2. The van der Waals surface area contributed by atoms with Gasteiger partial charge in [-0.3, -0.25) is 38.7 Å². The molecular weight excluding hydrogens is 1100 g/mol. The first-order valence-corrected chi connectivity index (χ1v) is 30.6. The highest BCUT2D eigenvalue weighted by Gasteiger charge is 2.79. The summed E-state index contributed by atoms with van der Waals surface area (Å²) in [6, 6.07) is 17.7. The Balaban J connectivity index is 0.874. The van der Waals surface area contributed by atoms with Gasteiger partial charge in [0.15, 0.2) is 11.9 Å². The van der Waals surface area contributed by atoms with E-state index in [0.717, 1.165) is 32.6 Å². The molecule has 1 spiro atoms. The molecule has 3 saturated heterocycles. The maximum Gasteiger partial charge on any atom is 0.322 e. The van der Waals surface area contributed by atoms with Gasteiger partial charge in [-0.1, -0.05) is 63.3 Å². The number of aromatic amines is 1. The fourth-order valence-electron chi connectivity index (χ4n) is 16.1. The van der Waals surface area contributed by atoms with Gasteiger partial charge < -0.3 is 59.3 Å². The van der Waals surface area contributed by atoms with Gasteiger partial charge in [0, 0.05) is 115 Å². The molecule has 452 valence electrons. The number of ether oxygens (including phenoxy) is 5. The fraction of sp³-hybridized carbons (Fsp3) is 0.571. The highest BCUT2D eigenvalue weighted by molar-refractivity contribution is 8.00. The van der Waals surface area contributed by atoms with Crippen molar-refractivity contribution in [1.82, 2.24) is 25.0 Å². The normalized spacial score (nSPS) is 32.2. The number of carbonyl (C=O) groups excluding carboxylic acids is 4. The number of hydrogen-bond donors (Lipinski definition) is 6. The number of anilines is 1. The van der Waals surface area contributed by atoms with E-state index >= 15 is 9.59 Å². The van der Waals surface area contributed by atoms with E-state index in [9.17, 15) is 34.8 Å². The number of benzene rings is 3. The van der Waals surface area contributed by atoms with Crippen molar-refractivity contribution >= 4 is 58.0 Å². The number of likely N-dealkylation sites (tertiary alicyclic amines) is 1. The first-order chi connectivity index (χ1) is 40.3. The zero-order valence-electron chi connectivity index (χ0n) is 49.1. The Kier molecular flexibility index (Phi) is 16.3. The van der Waals surface area contributed by atoms with Crippen LogP contribution in [0, 0.1) is 17.3 Å². The standard InChI is InChI=1S/C63H80N6O14S/c1-8-59(77)32-38-33-62(58(76)81-7,50-42(19-24-67(34-38)36-59)41-13-10-11-14-45(41)65-50)44-29-43-46(30-47(44)79-5)66(4)55-61(43)21-25-68-23-12-20-60(9-2,54(61)68)56(74)63(55,78)57(75)64-22-27-83-53(80-6)39-15-17-40(18-16-39)82-28-26-69-49(70)31-48(51(69)71)84-35-37(3)52(72)73/h10-18,20,29-30,37-38,48,53-56,65,74,77-78H,8-9,19,21-28,31-36H2,1-7H3,(H,64,75)(H,72,73)/t37?,38-,48?,53?,54+,55-,56-,59+,60-,61-,62+,63+/m1/s1. The van der Waals surface area contributed by atoms with Crippen LogP contribution < -0.4 is 19.7 Å². The summed E-state index contributed by atoms with van der Waals surface area (Å²) in [5, 5.41) is 51.5. The van der Waals surface area contributed by atoms with Gasteiger partial charge in [0.1, 0.15) is 29.6 Å². The average Bonchev–Trinajstić information content (AvgIpc) is 1.45. The van der Waals surface area contributed by atoms with Crippen molar-refractivity contribution in [1.29, 1.82) is 0 Å². The number of carboxylic acid groups (broad SMARTS) is 1. The largest absolute Gasteiger partial charge is 0.496 e. The molecule has 21 heteroatoms. The molecule has 4 unspecified atom stereocenters. The quantitative estimate of drug-likeness (QED) is 0.0231. The van der Waals surface area contributed by atoms with E-state index in [1.807, 2.05) is 62.2 Å². The number of piperidine rings is 1. The molecule has 2 bridgehead atoms. The minimum Gasteiger partial charge on any atom is -0.496 e. The molecule has 20 nitrogen and oxygen atoms in total. The third kappa shape index (κ3) is 9.50. The van der Waals surface area contributed by atoms with Gasteiger partial charge in [0.05, 0.1) is 50.2 Å². The SMILES string of the molecule is CC[C@]1(O)C[C@H]2CN(CCc3c([nH]c4ccccc34)[C@@](C(=O)OC)(c3cc4c(cc3OC)N(C)[C@H]3[C@@](O)(C(=O)NCCOC(OC)c5ccc(OCCN6C(=O)CC(SCC(C)C(=O)O)C6=O)cc5)[C@H](O)[C@]5(CC)C=CCN6CC[C@]43[C@@H]65)C2)C1. The average molecular weight is 1180 g/mol. The number of esters is 1. The van der Waals surface area contributed by atoms with Crippen molar-refractivity contribution < 1.29 is 68.1 Å². The van der Waals surface area contributed by atoms with Gasteiger partial charge in [-0.15, -0.1) is 11.8 Å². The second-order valence-corrected chi connectivity index (χ2v) is 25.6. The smallest absolute Gasteiger partial charge is 0.322 e. The number of H-pyrrole nitrogens is 1. The van der Waals surface area contributed by atoms with Crippen LogP contribution in [-0.4, -0.2) is 198 Å². The number of aliphatic hydroxyl groups excluding tert-OH is 1. The van der Waals surface area contributed by atoms with Crippen LogP contribution in [-0.2, 0) is 55.4 Å². The number of thioether (sulfide) groups is 1. The van der Waals surface area contributed by atoms with Crippen molar-refractivity contribution in [2.75, 3.05) is 98.1 Å². The summed E-state index contributed by atoms with van der Waals surface area (Å²) in [5.74, 6) is -2.53. The molecule has 13 atom stereocenters. The molecule has 1 saturated carbocycles. The van der Waals surface area contributed by atoms with E-state index in [4.69, 9.17) is 23.7 Å². The zero-order chi connectivity index (χ0) is 59.7. The lowest BCUT2D eigenvalue weighted by molar-refractivity contribution is -0.203. The molecule has 84 heavy (non-hydrogen) atoms. The number of fused-ring (bicyclic) bond motifs is 6. The highest BCUT2D eigenvalue weighted by Crippen LogP contribution is 2.68. The number of imide groups is 1. The Hall–Kier alpha value is -6.04. The lowest BCUT2D eigenvalue weighted by Crippen LogP contribution is -2.81. The van der Waals surface area contributed by atoms with Crippen LogP contribution in [0.2, 0.25) is 0 Å². The zero-order valence-corrected chi connectivity index (χ0v) is 49.9. The van der Waals surface area contributed by atoms with Crippen LogP contribution in [0.5, 0.6) is 11.5 Å². The van der Waals surface area contributed by atoms with E-state index in [2.05, 4.69) is 32.2 Å². The number of aliphatic carboxylic acids is 1. The number of rotatable bonds is 20. The molecule has 3 amide bonds. The van der Waals surface area contributed by atoms with Crippen molar-refractivity contribution in [3.8, 4) is 11.5 Å². The van der Waals surface area contributed by atoms with E-state index in [-0.39, 0.29) is 62.3 Å². The Labute approximate surface area is 494 Å². The fourth-order valence-corrected chi connectivity index (χ4v) is 17.3. The minimum absolute atomic E-state index is 0.0134. The van der Waals surface area contributed by atoms with Crippen molar-refractivity contribution in [2.24, 2.45) is 17.3 Å². The number of likely N-dealkylation sites (N-methyl/N-ethyl adjacent to an activating group) is 1. The minimum atomic E-state index is -2.41. The molecule has 3 aromatic carbocycles. The van der Waals surface area contributed by atoms with Gasteiger partial charge in [-0.2, -0.15) is 0 Å². The topological polar surface area (TPSA) is 253 Å². The lowest BCUT2D eigenvalue weighted by atomic mass is 9.47. The third-order valence-electron chi connectivity index (χ3n) is 20.0. The Morgan fingerprint density at radius 2 is 1.73 bits per heavy atom. The maximum atomic E-state index is 15.6. The van der Waals surface area contributed by atoms with Gasteiger partial charge in [0.2, 0.25) is 11.8 Å². The summed E-state index contributed by atoms with van der Waals surface area (Å²) in [4.78, 5) is 79.4. The molecule has 6 aliphatic heterocycles. The van der Waals surface area contributed by atoms with E-state index < -0.39 is 74.9 Å². The van der Waals surface area contributed by atoms with Crippen molar-refractivity contribution in [3.63, 3.8) is 0 Å². The number of aromatic nitrogens is 1. The molecule has 4 aromatic rings. The van der Waals surface area contributed by atoms with Crippen LogP contribution in [0.25, 0.3) is 10.9 Å². The van der Waals surface area contributed by atoms with Crippen molar-refractivity contribution in [3.05, 3.63) is 101 Å². The molecule has 1 aliphatic carbocycles. The molecule has 7 heterocycles. The van der Waals surface area contributed by atoms with Gasteiger partial charge >= 0.3 is 11.9 Å². The monoisotopic (exact) mass is 1180 g/mol. The first kappa shape index (κ1) is 59.7. The van der Waals surface area contributed by atoms with E-state index in [1.54, 1.807) is 38.3 Å². The predicted octanol–water partition coefficient (Wildman–Crippen LogP) is 4.69.